The van der Waals surface area contributed by atoms with Crippen molar-refractivity contribution in [2.24, 2.45) is 0 Å². The summed E-state index contributed by atoms with van der Waals surface area (Å²) in [5, 5.41) is 19.8. The van der Waals surface area contributed by atoms with Crippen molar-refractivity contribution in [3.63, 3.8) is 0 Å². The van der Waals surface area contributed by atoms with Gasteiger partial charge >= 0.3 is 5.97 Å². The Morgan fingerprint density at radius 1 is 1.43 bits per heavy atom. The fourth-order valence-electron chi connectivity index (χ4n) is 1.57. The van der Waals surface area contributed by atoms with E-state index in [9.17, 15) is 14.9 Å². The molecular weight excluding hydrogens is 344 g/mol. The molecule has 0 spiro atoms. The van der Waals surface area contributed by atoms with Crippen molar-refractivity contribution < 1.29 is 19.6 Å². The van der Waals surface area contributed by atoms with Gasteiger partial charge < -0.3 is 9.84 Å². The average molecular weight is 353 g/mol. The minimum absolute atomic E-state index is 0.199. The molecule has 0 amide bonds. The summed E-state index contributed by atoms with van der Waals surface area (Å²) < 4.78 is 6.29. The third kappa shape index (κ3) is 3.34. The van der Waals surface area contributed by atoms with Crippen LogP contribution < -0.4 is 4.74 Å². The molecule has 8 heteroatoms. The van der Waals surface area contributed by atoms with Gasteiger partial charge in [-0.15, -0.1) is 0 Å². The maximum absolute atomic E-state index is 11.2. The second kappa shape index (κ2) is 5.88. The summed E-state index contributed by atoms with van der Waals surface area (Å²) >= 11 is 3.34. The molecule has 0 aliphatic rings. The minimum Gasteiger partial charge on any atom is -0.477 e. The summed E-state index contributed by atoms with van der Waals surface area (Å²) in [5.41, 5.74) is 0.114. The van der Waals surface area contributed by atoms with Crippen LogP contribution in [-0.2, 0) is 0 Å². The Morgan fingerprint density at radius 3 is 2.71 bits per heavy atom. The van der Waals surface area contributed by atoms with Gasteiger partial charge in [-0.25, -0.2) is 9.78 Å². The standard InChI is InChI=1S/C13H9BrN2O5/c1-7-4-9(2-3-11(7)14)21-12-10(13(17)18)5-8(6-15-12)16(19)20/h2-6H,1H3,(H,17,18). The summed E-state index contributed by atoms with van der Waals surface area (Å²) in [4.78, 5) is 24.8. The molecule has 1 N–H and O–H groups in total. The number of aromatic nitrogens is 1. The highest BCUT2D eigenvalue weighted by molar-refractivity contribution is 9.10. The fraction of sp³-hybridized carbons (Fsp3) is 0.0769. The minimum atomic E-state index is -1.35. The number of nitro groups is 1. The first-order valence-corrected chi connectivity index (χ1v) is 6.49. The Hall–Kier alpha value is -2.48. The number of carboxylic acid groups (broad SMARTS) is 1. The number of carboxylic acids is 1. The maximum atomic E-state index is 11.2. The summed E-state index contributed by atoms with van der Waals surface area (Å²) in [6.45, 7) is 1.85. The van der Waals surface area contributed by atoms with Crippen molar-refractivity contribution in [3.05, 3.63) is 56.2 Å². The molecule has 1 aromatic carbocycles. The zero-order chi connectivity index (χ0) is 15.6. The maximum Gasteiger partial charge on any atom is 0.341 e. The van der Waals surface area contributed by atoms with Crippen molar-refractivity contribution in [1.82, 2.24) is 4.98 Å². The van der Waals surface area contributed by atoms with E-state index in [-0.39, 0.29) is 11.4 Å². The van der Waals surface area contributed by atoms with Crippen LogP contribution in [0.1, 0.15) is 15.9 Å². The predicted octanol–water partition coefficient (Wildman–Crippen LogP) is 3.55. The number of hydrogen-bond donors (Lipinski definition) is 1. The number of aryl methyl sites for hydroxylation is 1. The highest BCUT2D eigenvalue weighted by Gasteiger charge is 2.19. The van der Waals surface area contributed by atoms with Crippen LogP contribution in [0.25, 0.3) is 0 Å². The zero-order valence-corrected chi connectivity index (χ0v) is 12.3. The normalized spacial score (nSPS) is 10.2. The third-order valence-corrected chi connectivity index (χ3v) is 3.51. The molecule has 0 aliphatic heterocycles. The van der Waals surface area contributed by atoms with Gasteiger partial charge in [0.25, 0.3) is 5.69 Å². The number of benzene rings is 1. The molecule has 2 aromatic rings. The molecule has 0 atom stereocenters. The van der Waals surface area contributed by atoms with Crippen molar-refractivity contribution in [2.75, 3.05) is 0 Å². The molecule has 0 saturated heterocycles. The van der Waals surface area contributed by atoms with Crippen LogP contribution in [-0.4, -0.2) is 21.0 Å². The van der Waals surface area contributed by atoms with Crippen molar-refractivity contribution >= 4 is 27.6 Å². The van der Waals surface area contributed by atoms with Gasteiger partial charge in [0.05, 0.1) is 4.92 Å². The van der Waals surface area contributed by atoms with E-state index >= 15 is 0 Å². The van der Waals surface area contributed by atoms with E-state index in [1.165, 1.54) is 0 Å². The van der Waals surface area contributed by atoms with Crippen LogP contribution in [0.2, 0.25) is 0 Å². The zero-order valence-electron chi connectivity index (χ0n) is 10.7. The Balaban J connectivity index is 2.41. The fourth-order valence-corrected chi connectivity index (χ4v) is 1.81. The molecule has 2 rings (SSSR count). The first-order valence-electron chi connectivity index (χ1n) is 5.70. The van der Waals surface area contributed by atoms with Crippen LogP contribution in [0.5, 0.6) is 11.6 Å². The van der Waals surface area contributed by atoms with Gasteiger partial charge in [-0.05, 0) is 30.7 Å². The molecule has 7 nitrogen and oxygen atoms in total. The topological polar surface area (TPSA) is 103 Å². The number of nitrogens with zero attached hydrogens (tertiary/aromatic N) is 2. The number of rotatable bonds is 4. The SMILES string of the molecule is Cc1cc(Oc2ncc([N+](=O)[O-])cc2C(=O)O)ccc1Br. The van der Waals surface area contributed by atoms with E-state index in [4.69, 9.17) is 9.84 Å². The van der Waals surface area contributed by atoms with E-state index < -0.39 is 16.6 Å². The van der Waals surface area contributed by atoms with E-state index in [2.05, 4.69) is 20.9 Å². The van der Waals surface area contributed by atoms with Gasteiger partial charge in [0.15, 0.2) is 0 Å². The lowest BCUT2D eigenvalue weighted by molar-refractivity contribution is -0.385. The number of ether oxygens (including phenoxy) is 1. The molecule has 0 fully saturated rings. The highest BCUT2D eigenvalue weighted by Crippen LogP contribution is 2.28. The number of halogens is 1. The summed E-state index contributed by atoms with van der Waals surface area (Å²) in [6.07, 6.45) is 0.952. The molecule has 0 saturated carbocycles. The molecule has 1 heterocycles. The Kier molecular flexibility index (Phi) is 4.18. The van der Waals surface area contributed by atoms with Gasteiger partial charge in [0.2, 0.25) is 5.88 Å². The van der Waals surface area contributed by atoms with E-state index in [0.717, 1.165) is 22.3 Å². The molecule has 0 bridgehead atoms. The lowest BCUT2D eigenvalue weighted by Gasteiger charge is -2.08. The quantitative estimate of drug-likeness (QED) is 0.666. The molecule has 0 unspecified atom stereocenters. The first kappa shape index (κ1) is 14.9. The second-order valence-electron chi connectivity index (χ2n) is 4.12. The van der Waals surface area contributed by atoms with Crippen molar-refractivity contribution in [2.45, 2.75) is 6.92 Å². The van der Waals surface area contributed by atoms with Gasteiger partial charge in [-0.3, -0.25) is 10.1 Å². The Morgan fingerprint density at radius 2 is 2.14 bits per heavy atom. The third-order valence-electron chi connectivity index (χ3n) is 2.62. The van der Waals surface area contributed by atoms with Gasteiger partial charge in [-0.2, -0.15) is 0 Å². The molecule has 21 heavy (non-hydrogen) atoms. The van der Waals surface area contributed by atoms with Gasteiger partial charge in [0.1, 0.15) is 17.5 Å². The highest BCUT2D eigenvalue weighted by atomic mass is 79.9. The summed E-state index contributed by atoms with van der Waals surface area (Å²) in [6, 6.07) is 5.98. The lowest BCUT2D eigenvalue weighted by Crippen LogP contribution is -2.03. The predicted molar refractivity (Wildman–Crippen MR) is 76.8 cm³/mol. The second-order valence-corrected chi connectivity index (χ2v) is 4.98. The molecule has 108 valence electrons. The van der Waals surface area contributed by atoms with E-state index in [1.807, 2.05) is 6.92 Å². The van der Waals surface area contributed by atoms with E-state index in [0.29, 0.717) is 5.75 Å². The van der Waals surface area contributed by atoms with Gasteiger partial charge in [0, 0.05) is 10.5 Å². The largest absolute Gasteiger partial charge is 0.477 e. The van der Waals surface area contributed by atoms with Crippen molar-refractivity contribution in [1.29, 1.82) is 0 Å². The molecule has 0 aliphatic carbocycles. The van der Waals surface area contributed by atoms with Crippen LogP contribution in [0.15, 0.2) is 34.9 Å². The Labute approximate surface area is 127 Å². The van der Waals surface area contributed by atoms with Crippen LogP contribution in [0.3, 0.4) is 0 Å². The Bertz CT molecular complexity index is 732. The smallest absolute Gasteiger partial charge is 0.341 e. The monoisotopic (exact) mass is 352 g/mol. The van der Waals surface area contributed by atoms with Crippen molar-refractivity contribution in [3.8, 4) is 11.6 Å². The van der Waals surface area contributed by atoms with Crippen LogP contribution >= 0.6 is 15.9 Å². The molecule has 0 radical (unpaired) electrons. The summed E-state index contributed by atoms with van der Waals surface area (Å²) in [5.74, 6) is -1.16. The average Bonchev–Trinajstić information content (AvgIpc) is 2.43. The number of pyridine rings is 1. The molecule has 1 aromatic heterocycles. The lowest BCUT2D eigenvalue weighted by atomic mass is 10.2. The first-order chi connectivity index (χ1) is 9.88. The number of carbonyl (C=O) groups is 1. The summed E-state index contributed by atoms with van der Waals surface area (Å²) in [7, 11) is 0. The van der Waals surface area contributed by atoms with Crippen LogP contribution in [0.4, 0.5) is 5.69 Å². The molecular formula is C13H9BrN2O5. The van der Waals surface area contributed by atoms with Gasteiger partial charge in [-0.1, -0.05) is 15.9 Å². The number of aromatic carboxylic acids is 1. The van der Waals surface area contributed by atoms with Crippen LogP contribution in [0, 0.1) is 17.0 Å². The number of hydrogen-bond acceptors (Lipinski definition) is 5. The van der Waals surface area contributed by atoms with E-state index in [1.54, 1.807) is 18.2 Å².